The number of alkyl halides is 1. The van der Waals surface area contributed by atoms with Crippen LogP contribution >= 0.6 is 11.6 Å². The van der Waals surface area contributed by atoms with Crippen molar-refractivity contribution < 1.29 is 4.21 Å². The molecule has 0 aromatic carbocycles. The van der Waals surface area contributed by atoms with Crippen LogP contribution in [0.2, 0.25) is 0 Å². The second-order valence-corrected chi connectivity index (χ2v) is 5.16. The number of rotatable bonds is 6. The molecule has 0 bridgehead atoms. The highest BCUT2D eigenvalue weighted by Gasteiger charge is 2.10. The molecule has 0 spiro atoms. The normalized spacial score (nSPS) is 16.3. The maximum atomic E-state index is 11.3. The summed E-state index contributed by atoms with van der Waals surface area (Å²) in [7, 11) is -0.799. The summed E-state index contributed by atoms with van der Waals surface area (Å²) in [5.74, 6) is 0.769. The Kier molecular flexibility index (Phi) is 7.39. The van der Waals surface area contributed by atoms with Crippen LogP contribution in [0.3, 0.4) is 0 Å². The molecule has 0 aliphatic heterocycles. The lowest BCUT2D eigenvalue weighted by molar-refractivity contribution is 0.672. The molecule has 0 saturated carbocycles. The maximum absolute atomic E-state index is 11.3. The Morgan fingerprint density at radius 1 is 1.36 bits per heavy atom. The third-order valence-corrected chi connectivity index (χ3v) is 3.81. The Bertz CT molecular complexity index is 117. The molecule has 0 saturated heterocycles. The van der Waals surface area contributed by atoms with Crippen LogP contribution in [0.1, 0.15) is 39.5 Å². The minimum Gasteiger partial charge on any atom is -0.258 e. The molecule has 68 valence electrons. The molecular weight excluding hydrogens is 180 g/mol. The summed E-state index contributed by atoms with van der Waals surface area (Å²) in [6.45, 7) is 4.16. The Morgan fingerprint density at radius 3 is 2.45 bits per heavy atom. The number of hydrogen-bond donors (Lipinski definition) is 0. The zero-order chi connectivity index (χ0) is 8.69. The van der Waals surface area contributed by atoms with Crippen LogP contribution in [0, 0.1) is 0 Å². The summed E-state index contributed by atoms with van der Waals surface area (Å²) < 4.78 is 11.2. The SMILES string of the molecule is CCCC[S@@](=O)[C@H](Cl)CCC. The Balaban J connectivity index is 3.47. The summed E-state index contributed by atoms with van der Waals surface area (Å²) in [6.07, 6.45) is 4.02. The molecule has 0 heterocycles. The lowest BCUT2D eigenvalue weighted by Crippen LogP contribution is -2.10. The zero-order valence-electron chi connectivity index (χ0n) is 7.31. The average molecular weight is 197 g/mol. The van der Waals surface area contributed by atoms with Crippen molar-refractivity contribution in [3.8, 4) is 0 Å². The van der Waals surface area contributed by atoms with Gasteiger partial charge in [-0.15, -0.1) is 11.6 Å². The molecule has 0 fully saturated rings. The predicted octanol–water partition coefficient (Wildman–Crippen LogP) is 2.90. The first-order chi connectivity index (χ1) is 5.22. The second kappa shape index (κ2) is 7.11. The van der Waals surface area contributed by atoms with E-state index in [9.17, 15) is 4.21 Å². The Hall–Kier alpha value is 0.440. The second-order valence-electron chi connectivity index (χ2n) is 2.64. The van der Waals surface area contributed by atoms with Gasteiger partial charge in [-0.25, -0.2) is 0 Å². The molecule has 2 atom stereocenters. The molecule has 0 rings (SSSR count). The highest BCUT2D eigenvalue weighted by atomic mass is 35.5. The van der Waals surface area contributed by atoms with E-state index in [0.717, 1.165) is 31.4 Å². The van der Waals surface area contributed by atoms with E-state index in [1.165, 1.54) is 0 Å². The van der Waals surface area contributed by atoms with Gasteiger partial charge >= 0.3 is 0 Å². The average Bonchev–Trinajstić information content (AvgIpc) is 2.00. The van der Waals surface area contributed by atoms with Gasteiger partial charge in [0.05, 0.1) is 0 Å². The van der Waals surface area contributed by atoms with Crippen molar-refractivity contribution in [3.05, 3.63) is 0 Å². The van der Waals surface area contributed by atoms with Crippen LogP contribution in [0.25, 0.3) is 0 Å². The number of unbranched alkanes of at least 4 members (excludes halogenated alkanes) is 1. The highest BCUT2D eigenvalue weighted by molar-refractivity contribution is 7.86. The van der Waals surface area contributed by atoms with Crippen molar-refractivity contribution in [3.63, 3.8) is 0 Å². The standard InChI is InChI=1S/C8H17ClOS/c1-3-5-7-11(10)8(9)6-4-2/h8H,3-7H2,1-2H3/t8-,11+/m0/s1. The fraction of sp³-hybridized carbons (Fsp3) is 1.00. The van der Waals surface area contributed by atoms with Gasteiger partial charge in [-0.1, -0.05) is 26.7 Å². The fourth-order valence-electron chi connectivity index (χ4n) is 0.773. The first kappa shape index (κ1) is 11.4. The molecule has 0 unspecified atom stereocenters. The molecule has 3 heteroatoms. The van der Waals surface area contributed by atoms with Gasteiger partial charge in [0, 0.05) is 16.6 Å². The van der Waals surface area contributed by atoms with Crippen molar-refractivity contribution in [2.45, 2.75) is 44.2 Å². The predicted molar refractivity (Wildman–Crippen MR) is 52.5 cm³/mol. The molecular formula is C8H17ClOS. The molecule has 11 heavy (non-hydrogen) atoms. The van der Waals surface area contributed by atoms with E-state index in [2.05, 4.69) is 13.8 Å². The van der Waals surface area contributed by atoms with Crippen LogP contribution < -0.4 is 0 Å². The van der Waals surface area contributed by atoms with Gasteiger partial charge in [0.15, 0.2) is 0 Å². The molecule has 0 aliphatic rings. The third kappa shape index (κ3) is 5.68. The van der Waals surface area contributed by atoms with E-state index in [0.29, 0.717) is 0 Å². The van der Waals surface area contributed by atoms with Gasteiger partial charge in [-0.3, -0.25) is 4.21 Å². The molecule has 0 amide bonds. The van der Waals surface area contributed by atoms with Crippen LogP contribution in [-0.4, -0.2) is 14.7 Å². The first-order valence-corrected chi connectivity index (χ1v) is 6.05. The summed E-state index contributed by atoms with van der Waals surface area (Å²) >= 11 is 5.87. The quantitative estimate of drug-likeness (QED) is 0.598. The first-order valence-electron chi connectivity index (χ1n) is 4.23. The molecule has 1 nitrogen and oxygen atoms in total. The molecule has 0 N–H and O–H groups in total. The van der Waals surface area contributed by atoms with Crippen LogP contribution in [0.5, 0.6) is 0 Å². The van der Waals surface area contributed by atoms with E-state index in [4.69, 9.17) is 11.6 Å². The minimum atomic E-state index is -0.799. The lowest BCUT2D eigenvalue weighted by Gasteiger charge is -2.06. The van der Waals surface area contributed by atoms with Gasteiger partial charge in [0.25, 0.3) is 0 Å². The van der Waals surface area contributed by atoms with E-state index >= 15 is 0 Å². The molecule has 0 aliphatic carbocycles. The van der Waals surface area contributed by atoms with Crippen LogP contribution in [-0.2, 0) is 10.8 Å². The Labute approximate surface area is 77.0 Å². The summed E-state index contributed by atoms with van der Waals surface area (Å²) in [5, 5.41) is 0. The summed E-state index contributed by atoms with van der Waals surface area (Å²) in [6, 6.07) is 0. The van der Waals surface area contributed by atoms with Gasteiger partial charge in [-0.2, -0.15) is 0 Å². The van der Waals surface area contributed by atoms with E-state index < -0.39 is 10.8 Å². The number of halogens is 1. The summed E-state index contributed by atoms with van der Waals surface area (Å²) in [4.78, 5) is 0. The van der Waals surface area contributed by atoms with Crippen LogP contribution in [0.4, 0.5) is 0 Å². The highest BCUT2D eigenvalue weighted by Crippen LogP contribution is 2.11. The number of hydrogen-bond acceptors (Lipinski definition) is 1. The van der Waals surface area contributed by atoms with E-state index in [1.54, 1.807) is 0 Å². The molecule has 0 aromatic rings. The molecule has 0 radical (unpaired) electrons. The van der Waals surface area contributed by atoms with Gasteiger partial charge in [-0.05, 0) is 12.8 Å². The minimum absolute atomic E-state index is 0.119. The van der Waals surface area contributed by atoms with Crippen molar-refractivity contribution in [2.24, 2.45) is 0 Å². The van der Waals surface area contributed by atoms with Gasteiger partial charge < -0.3 is 0 Å². The Morgan fingerprint density at radius 2 is 2.00 bits per heavy atom. The van der Waals surface area contributed by atoms with Crippen LogP contribution in [0.15, 0.2) is 0 Å². The van der Waals surface area contributed by atoms with Gasteiger partial charge in [0.2, 0.25) is 0 Å². The maximum Gasteiger partial charge on any atom is 0.109 e. The van der Waals surface area contributed by atoms with Gasteiger partial charge in [0.1, 0.15) is 4.71 Å². The lowest BCUT2D eigenvalue weighted by atomic mass is 10.4. The summed E-state index contributed by atoms with van der Waals surface area (Å²) in [5.41, 5.74) is 0. The fourth-order valence-corrected chi connectivity index (χ4v) is 2.59. The van der Waals surface area contributed by atoms with Crippen molar-refractivity contribution >= 4 is 22.4 Å². The van der Waals surface area contributed by atoms with E-state index in [1.807, 2.05) is 0 Å². The van der Waals surface area contributed by atoms with Crippen molar-refractivity contribution in [1.82, 2.24) is 0 Å². The van der Waals surface area contributed by atoms with E-state index in [-0.39, 0.29) is 4.71 Å². The smallest absolute Gasteiger partial charge is 0.109 e. The van der Waals surface area contributed by atoms with Crippen molar-refractivity contribution in [2.75, 3.05) is 5.75 Å². The zero-order valence-corrected chi connectivity index (χ0v) is 8.88. The van der Waals surface area contributed by atoms with Crippen molar-refractivity contribution in [1.29, 1.82) is 0 Å². The largest absolute Gasteiger partial charge is 0.258 e. The third-order valence-electron chi connectivity index (χ3n) is 1.50. The monoisotopic (exact) mass is 196 g/mol. The topological polar surface area (TPSA) is 17.1 Å². The molecule has 0 aromatic heterocycles.